The average Bonchev–Trinajstić information content (AvgIpc) is 2.35. The van der Waals surface area contributed by atoms with Gasteiger partial charge in [-0.1, -0.05) is 13.0 Å². The molecule has 0 saturated heterocycles. The molecule has 0 radical (unpaired) electrons. The summed E-state index contributed by atoms with van der Waals surface area (Å²) >= 11 is 0. The fourth-order valence-electron chi connectivity index (χ4n) is 1.80. The molecule has 2 atom stereocenters. The minimum atomic E-state index is -4.61. The van der Waals surface area contributed by atoms with Crippen LogP contribution in [0.3, 0.4) is 0 Å². The summed E-state index contributed by atoms with van der Waals surface area (Å²) in [6, 6.07) is 2.43. The molecule has 2 unspecified atom stereocenters. The van der Waals surface area contributed by atoms with E-state index in [1.165, 1.54) is 0 Å². The van der Waals surface area contributed by atoms with Gasteiger partial charge in [0.1, 0.15) is 0 Å². The summed E-state index contributed by atoms with van der Waals surface area (Å²) in [6.45, 7) is 4.07. The molecule has 21 heavy (non-hydrogen) atoms. The van der Waals surface area contributed by atoms with Gasteiger partial charge >= 0.3 is 6.18 Å². The molecule has 4 nitrogen and oxygen atoms in total. The fourth-order valence-corrected chi connectivity index (χ4v) is 3.41. The molecule has 8 heteroatoms. The first kappa shape index (κ1) is 17.9. The van der Waals surface area contributed by atoms with E-state index < -0.39 is 32.7 Å². The minimum Gasteiger partial charge on any atom is -0.396 e. The van der Waals surface area contributed by atoms with Crippen molar-refractivity contribution in [3.8, 4) is 0 Å². The number of benzene rings is 1. The fraction of sp³-hybridized carbons (Fsp3) is 0.538. The highest BCUT2D eigenvalue weighted by atomic mass is 32.2. The van der Waals surface area contributed by atoms with Crippen molar-refractivity contribution >= 4 is 10.0 Å². The van der Waals surface area contributed by atoms with E-state index in [4.69, 9.17) is 5.11 Å². The van der Waals surface area contributed by atoms with Crippen molar-refractivity contribution in [1.29, 1.82) is 0 Å². The van der Waals surface area contributed by atoms with E-state index in [1.54, 1.807) is 13.8 Å². The van der Waals surface area contributed by atoms with Gasteiger partial charge in [0.25, 0.3) is 0 Å². The Hall–Kier alpha value is -1.12. The molecule has 0 fully saturated rings. The SMILES string of the molecule is Cc1c(C(F)(F)F)cccc1S(=O)(=O)NC(C)C(C)CO. The zero-order chi connectivity index (χ0) is 16.4. The van der Waals surface area contributed by atoms with Gasteiger partial charge in [0, 0.05) is 12.6 Å². The normalized spacial score (nSPS) is 15.8. The van der Waals surface area contributed by atoms with Crippen molar-refractivity contribution < 1.29 is 26.7 Å². The summed E-state index contributed by atoms with van der Waals surface area (Å²) in [7, 11) is -4.09. The van der Waals surface area contributed by atoms with Gasteiger partial charge in [-0.05, 0) is 37.5 Å². The second-order valence-electron chi connectivity index (χ2n) is 5.00. The lowest BCUT2D eigenvalue weighted by Gasteiger charge is -2.21. The van der Waals surface area contributed by atoms with Gasteiger partial charge in [0.05, 0.1) is 10.5 Å². The highest BCUT2D eigenvalue weighted by Gasteiger charge is 2.35. The summed E-state index contributed by atoms with van der Waals surface area (Å²) < 4.78 is 65.1. The molecule has 0 saturated carbocycles. The number of halogens is 3. The van der Waals surface area contributed by atoms with Gasteiger partial charge in [-0.25, -0.2) is 13.1 Å². The maximum atomic E-state index is 12.8. The second kappa shape index (κ2) is 6.33. The lowest BCUT2D eigenvalue weighted by Crippen LogP contribution is -2.38. The maximum absolute atomic E-state index is 12.8. The largest absolute Gasteiger partial charge is 0.416 e. The van der Waals surface area contributed by atoms with E-state index in [0.29, 0.717) is 0 Å². The zero-order valence-corrected chi connectivity index (χ0v) is 12.7. The van der Waals surface area contributed by atoms with Crippen molar-refractivity contribution in [2.75, 3.05) is 6.61 Å². The van der Waals surface area contributed by atoms with Crippen molar-refractivity contribution in [2.24, 2.45) is 5.92 Å². The number of hydrogen-bond acceptors (Lipinski definition) is 3. The first-order chi connectivity index (χ1) is 9.50. The van der Waals surface area contributed by atoms with Crippen LogP contribution in [0.15, 0.2) is 23.1 Å². The minimum absolute atomic E-state index is 0.231. The van der Waals surface area contributed by atoms with Gasteiger partial charge in [-0.2, -0.15) is 13.2 Å². The molecular weight excluding hydrogens is 307 g/mol. The molecule has 1 aromatic rings. The van der Waals surface area contributed by atoms with Crippen LogP contribution in [0.4, 0.5) is 13.2 Å². The van der Waals surface area contributed by atoms with Crippen LogP contribution in [0.2, 0.25) is 0 Å². The molecule has 0 heterocycles. The monoisotopic (exact) mass is 325 g/mol. The lowest BCUT2D eigenvalue weighted by molar-refractivity contribution is -0.138. The van der Waals surface area contributed by atoms with E-state index in [2.05, 4.69) is 4.72 Å². The van der Waals surface area contributed by atoms with Crippen LogP contribution < -0.4 is 4.72 Å². The van der Waals surface area contributed by atoms with Gasteiger partial charge < -0.3 is 5.11 Å². The third-order valence-electron chi connectivity index (χ3n) is 3.36. The molecule has 0 amide bonds. The number of aliphatic hydroxyl groups is 1. The molecule has 120 valence electrons. The smallest absolute Gasteiger partial charge is 0.396 e. The van der Waals surface area contributed by atoms with Crippen molar-refractivity contribution in [1.82, 2.24) is 4.72 Å². The lowest BCUT2D eigenvalue weighted by atomic mass is 10.1. The predicted molar refractivity (Wildman–Crippen MR) is 72.2 cm³/mol. The number of nitrogens with one attached hydrogen (secondary N) is 1. The van der Waals surface area contributed by atoms with E-state index in [1.807, 2.05) is 0 Å². The van der Waals surface area contributed by atoms with Crippen LogP contribution in [-0.4, -0.2) is 26.2 Å². The van der Waals surface area contributed by atoms with E-state index >= 15 is 0 Å². The second-order valence-corrected chi connectivity index (χ2v) is 6.68. The van der Waals surface area contributed by atoms with Crippen molar-refractivity contribution in [3.63, 3.8) is 0 Å². The molecule has 1 aromatic carbocycles. The molecule has 0 aliphatic heterocycles. The van der Waals surface area contributed by atoms with Gasteiger partial charge in [0.2, 0.25) is 10.0 Å². The van der Waals surface area contributed by atoms with E-state index in [9.17, 15) is 21.6 Å². The van der Waals surface area contributed by atoms with E-state index in [-0.39, 0.29) is 18.1 Å². The molecule has 0 aliphatic carbocycles. The summed E-state index contributed by atoms with van der Waals surface area (Å²) in [6.07, 6.45) is -4.61. The Kier molecular flexibility index (Phi) is 5.40. The van der Waals surface area contributed by atoms with Crippen LogP contribution in [0.1, 0.15) is 25.0 Å². The topological polar surface area (TPSA) is 66.4 Å². The average molecular weight is 325 g/mol. The maximum Gasteiger partial charge on any atom is 0.416 e. The van der Waals surface area contributed by atoms with Crippen LogP contribution in [0, 0.1) is 12.8 Å². The first-order valence-electron chi connectivity index (χ1n) is 6.30. The quantitative estimate of drug-likeness (QED) is 0.873. The van der Waals surface area contributed by atoms with Gasteiger partial charge in [-0.15, -0.1) is 0 Å². The zero-order valence-electron chi connectivity index (χ0n) is 11.9. The number of rotatable bonds is 5. The van der Waals surface area contributed by atoms with Crippen LogP contribution >= 0.6 is 0 Å². The van der Waals surface area contributed by atoms with E-state index in [0.717, 1.165) is 25.1 Å². The summed E-state index contributed by atoms with van der Waals surface area (Å²) in [5.41, 5.74) is -1.32. The predicted octanol–water partition coefficient (Wildman–Crippen LogP) is 2.31. The Labute approximate surface area is 122 Å². The molecule has 0 spiro atoms. The molecule has 0 bridgehead atoms. The Morgan fingerprint density at radius 3 is 2.33 bits per heavy atom. The highest BCUT2D eigenvalue weighted by molar-refractivity contribution is 7.89. The van der Waals surface area contributed by atoms with Crippen molar-refractivity contribution in [3.05, 3.63) is 29.3 Å². The Morgan fingerprint density at radius 1 is 1.29 bits per heavy atom. The van der Waals surface area contributed by atoms with Gasteiger partial charge in [0.15, 0.2) is 0 Å². The number of hydrogen-bond donors (Lipinski definition) is 2. The Morgan fingerprint density at radius 2 is 1.86 bits per heavy atom. The Bertz CT molecular complexity index is 599. The van der Waals surface area contributed by atoms with Gasteiger partial charge in [-0.3, -0.25) is 0 Å². The summed E-state index contributed by atoms with van der Waals surface area (Å²) in [5, 5.41) is 8.99. The number of sulfonamides is 1. The summed E-state index contributed by atoms with van der Waals surface area (Å²) in [4.78, 5) is -0.408. The molecular formula is C13H18F3NO3S. The summed E-state index contributed by atoms with van der Waals surface area (Å²) in [5.74, 6) is -0.356. The van der Waals surface area contributed by atoms with Crippen molar-refractivity contribution in [2.45, 2.75) is 37.9 Å². The number of alkyl halides is 3. The third kappa shape index (κ3) is 4.18. The molecule has 2 N–H and O–H groups in total. The molecule has 0 aliphatic rings. The van der Waals surface area contributed by atoms with Crippen LogP contribution in [-0.2, 0) is 16.2 Å². The third-order valence-corrected chi connectivity index (χ3v) is 5.06. The van der Waals surface area contributed by atoms with Crippen LogP contribution in [0.5, 0.6) is 0 Å². The highest BCUT2D eigenvalue weighted by Crippen LogP contribution is 2.34. The van der Waals surface area contributed by atoms with Crippen LogP contribution in [0.25, 0.3) is 0 Å². The molecule has 1 rings (SSSR count). The standard InChI is InChI=1S/C13H18F3NO3S/c1-8(7-18)10(3)17-21(19,20)12-6-4-5-11(9(12)2)13(14,15)16/h4-6,8,10,17-18H,7H2,1-3H3. The Balaban J connectivity index is 3.22. The molecule has 0 aromatic heterocycles. The first-order valence-corrected chi connectivity index (χ1v) is 7.79. The number of aliphatic hydroxyl groups excluding tert-OH is 1.